The molecule has 3 aromatic carbocycles. The van der Waals surface area contributed by atoms with E-state index in [1.54, 1.807) is 12.1 Å². The van der Waals surface area contributed by atoms with Gasteiger partial charge in [-0.15, -0.1) is 0 Å². The summed E-state index contributed by atoms with van der Waals surface area (Å²) in [5.74, 6) is 2.16. The quantitative estimate of drug-likeness (QED) is 0.0413. The molecule has 1 N–H and O–H groups in total. The highest BCUT2D eigenvalue weighted by Crippen LogP contribution is 2.39. The lowest BCUT2D eigenvalue weighted by Gasteiger charge is -2.20. The lowest BCUT2D eigenvalue weighted by atomic mass is 10.0. The molecule has 494 valence electrons. The van der Waals surface area contributed by atoms with Crippen molar-refractivity contribution in [2.45, 2.75) is 118 Å². The number of ether oxygens (including phenoxy) is 14. The molecule has 0 fully saturated rings. The number of hydrogen-bond donors (Lipinski definition) is 1. The van der Waals surface area contributed by atoms with Crippen molar-refractivity contribution in [3.63, 3.8) is 0 Å². The van der Waals surface area contributed by atoms with Gasteiger partial charge in [-0.3, -0.25) is 14.4 Å². The van der Waals surface area contributed by atoms with Crippen molar-refractivity contribution in [3.8, 4) is 28.7 Å². The van der Waals surface area contributed by atoms with Gasteiger partial charge in [0.25, 0.3) is 5.91 Å². The highest BCUT2D eigenvalue weighted by atomic mass is 16.6. The molecule has 3 aromatic rings. The average Bonchev–Trinajstić information content (AvgIpc) is 2.25. The van der Waals surface area contributed by atoms with Crippen molar-refractivity contribution >= 4 is 17.8 Å². The van der Waals surface area contributed by atoms with Gasteiger partial charge in [0, 0.05) is 31.0 Å². The van der Waals surface area contributed by atoms with E-state index in [1.165, 1.54) is 0 Å². The van der Waals surface area contributed by atoms with Gasteiger partial charge in [0.05, 0.1) is 106 Å². The number of esters is 2. The van der Waals surface area contributed by atoms with E-state index in [2.05, 4.69) is 33.0 Å². The number of amides is 1. The Kier molecular flexibility index (Phi) is 44.1. The zero-order chi connectivity index (χ0) is 62.8. The van der Waals surface area contributed by atoms with E-state index in [-0.39, 0.29) is 140 Å². The summed E-state index contributed by atoms with van der Waals surface area (Å²) in [7, 11) is 7.86. The number of nitrogens with one attached hydrogen (secondary N) is 1. The molecule has 20 heteroatoms. The Labute approximate surface area is 521 Å². The van der Waals surface area contributed by atoms with Gasteiger partial charge in [-0.1, -0.05) is 96.6 Å². The summed E-state index contributed by atoms with van der Waals surface area (Å²) in [6, 6.07) is 19.1. The molecule has 87 heavy (non-hydrogen) atoms. The van der Waals surface area contributed by atoms with Crippen molar-refractivity contribution in [1.82, 2.24) is 15.1 Å². The van der Waals surface area contributed by atoms with Crippen LogP contribution in [0.25, 0.3) is 0 Å². The van der Waals surface area contributed by atoms with Gasteiger partial charge in [0.15, 0.2) is 11.5 Å². The molecule has 1 amide bonds. The molecule has 0 aliphatic carbocycles. The van der Waals surface area contributed by atoms with Crippen LogP contribution in [0.5, 0.6) is 28.7 Å². The predicted octanol–water partition coefficient (Wildman–Crippen LogP) is 10.0. The number of nitrogens with zero attached hydrogens (tertiary/aromatic N) is 2. The second kappa shape index (κ2) is 50.6. The van der Waals surface area contributed by atoms with Crippen LogP contribution in [0.4, 0.5) is 0 Å². The van der Waals surface area contributed by atoms with Crippen molar-refractivity contribution < 1.29 is 80.7 Å². The minimum absolute atomic E-state index is 0.0946. The number of carbonyl (C=O) groups excluding carboxylic acids is 3. The molecule has 0 radical (unpaired) electrons. The second-order valence-corrected chi connectivity index (χ2v) is 21.8. The summed E-state index contributed by atoms with van der Waals surface area (Å²) in [5, 5.41) is 3.12. The van der Waals surface area contributed by atoms with E-state index >= 15 is 0 Å². The molecule has 2 unspecified atom stereocenters. The summed E-state index contributed by atoms with van der Waals surface area (Å²) < 4.78 is 82.8. The topological polar surface area (TPSA) is 199 Å². The largest absolute Gasteiger partial charge is 0.493 e. The summed E-state index contributed by atoms with van der Waals surface area (Å²) >= 11 is 0. The van der Waals surface area contributed by atoms with E-state index in [1.807, 2.05) is 86.5 Å². The normalized spacial score (nSPS) is 12.1. The van der Waals surface area contributed by atoms with Crippen LogP contribution in [-0.2, 0) is 65.4 Å². The number of hydrogen-bond acceptors (Lipinski definition) is 19. The lowest BCUT2D eigenvalue weighted by molar-refractivity contribution is -0.146. The van der Waals surface area contributed by atoms with Crippen LogP contribution < -0.4 is 29.0 Å². The van der Waals surface area contributed by atoms with Crippen molar-refractivity contribution in [2.75, 3.05) is 173 Å². The summed E-state index contributed by atoms with van der Waals surface area (Å²) in [5.41, 5.74) is 2.19. The first-order valence-corrected chi connectivity index (χ1v) is 31.9. The Morgan fingerprint density at radius 1 is 0.448 bits per heavy atom. The Balaban J connectivity index is 1.77. The second-order valence-electron chi connectivity index (χ2n) is 21.8. The van der Waals surface area contributed by atoms with Crippen LogP contribution in [0.1, 0.15) is 126 Å². The van der Waals surface area contributed by atoms with Gasteiger partial charge in [0.2, 0.25) is 5.75 Å². The molecule has 0 aliphatic rings. The first-order valence-electron chi connectivity index (χ1n) is 31.9. The maximum Gasteiger partial charge on any atom is 0.305 e. The number of benzene rings is 3. The third-order valence-electron chi connectivity index (χ3n) is 13.7. The van der Waals surface area contributed by atoms with Crippen LogP contribution >= 0.6 is 0 Å². The zero-order valence-corrected chi connectivity index (χ0v) is 54.2. The van der Waals surface area contributed by atoms with E-state index < -0.39 is 0 Å². The smallest absolute Gasteiger partial charge is 0.305 e. The molecule has 0 aromatic heterocycles. The fourth-order valence-corrected chi connectivity index (χ4v) is 8.60. The highest BCUT2D eigenvalue weighted by molar-refractivity contribution is 5.95. The minimum atomic E-state index is -0.379. The molecule has 20 nitrogen and oxygen atoms in total. The fourth-order valence-electron chi connectivity index (χ4n) is 8.60. The van der Waals surface area contributed by atoms with Gasteiger partial charge in [0.1, 0.15) is 44.5 Å². The third-order valence-corrected chi connectivity index (χ3v) is 13.7. The molecule has 0 heterocycles. The first-order chi connectivity index (χ1) is 42.4. The first kappa shape index (κ1) is 76.0. The molecule has 0 saturated heterocycles. The fraction of sp³-hybridized carbons (Fsp3) is 0.687. The SMILES string of the molecule is CCCCC(CC)COc1cc(CNC(=O)c2cc(OCCOCCOCCOC(=O)CCCN(C)C)c(OCCOCCOCCOCc3ccccc3)c(OCCOCCOCCOC(=O)CCCN(C)C)c2)cc(OCC(CC)CCCC)c1. The van der Waals surface area contributed by atoms with Crippen molar-refractivity contribution in [1.29, 1.82) is 0 Å². The van der Waals surface area contributed by atoms with Crippen LogP contribution in [-0.4, -0.2) is 201 Å². The molecular formula is C67H109N3O17. The van der Waals surface area contributed by atoms with Crippen LogP contribution in [0, 0.1) is 11.8 Å². The summed E-state index contributed by atoms with van der Waals surface area (Å²) in [6.45, 7) is 16.7. The van der Waals surface area contributed by atoms with E-state index in [9.17, 15) is 14.4 Å². The van der Waals surface area contributed by atoms with Gasteiger partial charge >= 0.3 is 11.9 Å². The Morgan fingerprint density at radius 3 is 1.29 bits per heavy atom. The number of carbonyl (C=O) groups is 3. The number of unbranched alkanes of at least 4 members (excludes halogenated alkanes) is 2. The monoisotopic (exact) mass is 1230 g/mol. The Morgan fingerprint density at radius 2 is 0.862 bits per heavy atom. The standard InChI is InChI=1S/C67H109N3O17/c1-9-13-20-55(11-3)53-86-60-46-58(47-61(50-60)87-54-56(12-4)21-14-10-2)51-68-67(73)59-48-62(81-41-36-75-30-32-77-38-43-83-64(71)24-18-26-69(5)6)66(85-45-40-79-29-28-74-34-35-80-52-57-22-16-15-17-23-57)63(49-59)82-42-37-76-31-33-78-39-44-84-65(72)25-19-27-70(7)8/h15-17,22-23,46-50,55-56H,9-14,18-21,24-45,51-54H2,1-8H3,(H,68,73). The highest BCUT2D eigenvalue weighted by Gasteiger charge is 2.21. The summed E-state index contributed by atoms with van der Waals surface area (Å²) in [4.78, 5) is 42.5. The van der Waals surface area contributed by atoms with E-state index in [0.717, 1.165) is 88.4 Å². The van der Waals surface area contributed by atoms with Gasteiger partial charge in [-0.05, 0) is 114 Å². The number of rotatable bonds is 57. The third kappa shape index (κ3) is 38.7. The zero-order valence-electron chi connectivity index (χ0n) is 54.2. The van der Waals surface area contributed by atoms with Crippen LogP contribution in [0.2, 0.25) is 0 Å². The predicted molar refractivity (Wildman–Crippen MR) is 337 cm³/mol. The lowest BCUT2D eigenvalue weighted by Crippen LogP contribution is -2.23. The molecule has 0 bridgehead atoms. The van der Waals surface area contributed by atoms with Crippen LogP contribution in [0.15, 0.2) is 60.7 Å². The minimum Gasteiger partial charge on any atom is -0.493 e. The van der Waals surface area contributed by atoms with Gasteiger partial charge < -0.3 is 81.4 Å². The molecule has 0 saturated carbocycles. The molecule has 2 atom stereocenters. The van der Waals surface area contributed by atoms with E-state index in [4.69, 9.17) is 66.3 Å². The Bertz CT molecular complexity index is 2100. The molecule has 3 rings (SSSR count). The summed E-state index contributed by atoms with van der Waals surface area (Å²) in [6.07, 6.45) is 11.0. The van der Waals surface area contributed by atoms with Crippen LogP contribution in [0.3, 0.4) is 0 Å². The van der Waals surface area contributed by atoms with Gasteiger partial charge in [-0.25, -0.2) is 0 Å². The van der Waals surface area contributed by atoms with Crippen molar-refractivity contribution in [3.05, 3.63) is 77.4 Å². The van der Waals surface area contributed by atoms with Gasteiger partial charge in [-0.2, -0.15) is 0 Å². The maximum absolute atomic E-state index is 14.4. The molecule has 0 spiro atoms. The van der Waals surface area contributed by atoms with E-state index in [0.29, 0.717) is 82.4 Å². The molecule has 0 aliphatic heterocycles. The van der Waals surface area contributed by atoms with Crippen molar-refractivity contribution in [2.24, 2.45) is 11.8 Å². The Hall–Kier alpha value is -5.29. The average molecular weight is 1230 g/mol. The molecular weight excluding hydrogens is 1120 g/mol. The maximum atomic E-state index is 14.4.